The molecule has 168 valence electrons. The summed E-state index contributed by atoms with van der Waals surface area (Å²) >= 11 is 0. The number of benzene rings is 1. The third-order valence-corrected chi connectivity index (χ3v) is 7.50. The fraction of sp³-hybridized carbons (Fsp3) is 0.500. The van der Waals surface area contributed by atoms with Crippen molar-refractivity contribution in [1.29, 1.82) is 0 Å². The van der Waals surface area contributed by atoms with Crippen molar-refractivity contribution in [2.75, 3.05) is 42.3 Å². The molecule has 1 aliphatic heterocycles. The summed E-state index contributed by atoms with van der Waals surface area (Å²) in [6.45, 7) is 5.19. The van der Waals surface area contributed by atoms with E-state index in [4.69, 9.17) is 0 Å². The highest BCUT2D eigenvalue weighted by atomic mass is 32.2. The first-order valence-corrected chi connectivity index (χ1v) is 12.1. The van der Waals surface area contributed by atoms with Crippen LogP contribution in [-0.4, -0.2) is 56.7 Å². The molecule has 9 heteroatoms. The average Bonchev–Trinajstić information content (AvgIpc) is 2.74. The number of carbonyl (C=O) groups excluding carboxylic acids is 1. The summed E-state index contributed by atoms with van der Waals surface area (Å²) in [5, 5.41) is 2.40. The van der Waals surface area contributed by atoms with E-state index in [9.17, 15) is 13.2 Å². The van der Waals surface area contributed by atoms with Gasteiger partial charge in [0, 0.05) is 27.2 Å². The Labute approximate surface area is 184 Å². The van der Waals surface area contributed by atoms with Gasteiger partial charge >= 0.3 is 0 Å². The predicted octanol–water partition coefficient (Wildman–Crippen LogP) is 2.90. The average molecular weight is 446 g/mol. The van der Waals surface area contributed by atoms with Crippen LogP contribution in [0.3, 0.4) is 0 Å². The minimum atomic E-state index is -3.33. The lowest BCUT2D eigenvalue weighted by Gasteiger charge is -2.28. The number of rotatable bonds is 7. The Morgan fingerprint density at radius 2 is 1.77 bits per heavy atom. The molecule has 0 aliphatic carbocycles. The molecule has 1 saturated heterocycles. The Kier molecular flexibility index (Phi) is 7.15. The fourth-order valence-corrected chi connectivity index (χ4v) is 4.55. The van der Waals surface area contributed by atoms with Crippen LogP contribution in [0.25, 0.3) is 0 Å². The SMILES string of the molecule is CC(C)S(=O)(=O)c1ccc(CC(=O)Nc2cnc(N3CCCCC3)nc2N(C)C)cc1. The standard InChI is InChI=1S/C22H31N5O3S/c1-16(2)31(29,30)18-10-8-17(9-11-18)14-20(28)24-19-15-23-22(25-21(19)26(3)4)27-12-6-5-7-13-27/h8-11,15-16H,5-7,12-14H2,1-4H3,(H,24,28). The van der Waals surface area contributed by atoms with E-state index in [2.05, 4.69) is 20.2 Å². The lowest BCUT2D eigenvalue weighted by Crippen LogP contribution is -2.31. The third-order valence-electron chi connectivity index (χ3n) is 5.33. The molecule has 1 amide bonds. The number of aromatic nitrogens is 2. The van der Waals surface area contributed by atoms with Crippen LogP contribution in [-0.2, 0) is 21.1 Å². The van der Waals surface area contributed by atoms with Crippen molar-refractivity contribution in [1.82, 2.24) is 9.97 Å². The Morgan fingerprint density at radius 3 is 2.35 bits per heavy atom. The van der Waals surface area contributed by atoms with Crippen molar-refractivity contribution in [2.45, 2.75) is 49.7 Å². The molecular formula is C22H31N5O3S. The Hall–Kier alpha value is -2.68. The number of piperidine rings is 1. The molecule has 1 aromatic carbocycles. The van der Waals surface area contributed by atoms with Gasteiger partial charge in [0.25, 0.3) is 0 Å². The van der Waals surface area contributed by atoms with Gasteiger partial charge in [0.15, 0.2) is 15.7 Å². The number of hydrogen-bond acceptors (Lipinski definition) is 7. The van der Waals surface area contributed by atoms with Gasteiger partial charge < -0.3 is 15.1 Å². The van der Waals surface area contributed by atoms with E-state index >= 15 is 0 Å². The van der Waals surface area contributed by atoms with Gasteiger partial charge in [0.1, 0.15) is 5.69 Å². The molecule has 0 atom stereocenters. The molecular weight excluding hydrogens is 414 g/mol. The number of carbonyl (C=O) groups is 1. The van der Waals surface area contributed by atoms with Gasteiger partial charge in [-0.3, -0.25) is 4.79 Å². The molecule has 1 fully saturated rings. The van der Waals surface area contributed by atoms with Crippen molar-refractivity contribution in [2.24, 2.45) is 0 Å². The Bertz CT molecular complexity index is 1010. The summed E-state index contributed by atoms with van der Waals surface area (Å²) in [6.07, 6.45) is 5.29. The van der Waals surface area contributed by atoms with Crippen molar-refractivity contribution < 1.29 is 13.2 Å². The molecule has 2 heterocycles. The van der Waals surface area contributed by atoms with Gasteiger partial charge in [0.2, 0.25) is 11.9 Å². The molecule has 0 saturated carbocycles. The zero-order valence-electron chi connectivity index (χ0n) is 18.6. The summed E-state index contributed by atoms with van der Waals surface area (Å²) in [4.78, 5) is 26.1. The second-order valence-corrected chi connectivity index (χ2v) is 10.8. The Balaban J connectivity index is 1.71. The van der Waals surface area contributed by atoms with Gasteiger partial charge in [-0.25, -0.2) is 13.4 Å². The molecule has 1 aliphatic rings. The molecule has 0 radical (unpaired) electrons. The monoisotopic (exact) mass is 445 g/mol. The maximum Gasteiger partial charge on any atom is 0.228 e. The van der Waals surface area contributed by atoms with E-state index in [1.54, 1.807) is 44.3 Å². The highest BCUT2D eigenvalue weighted by Crippen LogP contribution is 2.25. The maximum absolute atomic E-state index is 12.6. The van der Waals surface area contributed by atoms with Crippen LogP contribution in [0.1, 0.15) is 38.7 Å². The second-order valence-electron chi connectivity index (χ2n) is 8.31. The smallest absolute Gasteiger partial charge is 0.228 e. The van der Waals surface area contributed by atoms with E-state index in [0.717, 1.165) is 31.5 Å². The van der Waals surface area contributed by atoms with E-state index in [0.29, 0.717) is 17.5 Å². The van der Waals surface area contributed by atoms with Crippen LogP contribution >= 0.6 is 0 Å². The zero-order chi connectivity index (χ0) is 22.6. The highest BCUT2D eigenvalue weighted by Gasteiger charge is 2.20. The van der Waals surface area contributed by atoms with Crippen LogP contribution in [0.4, 0.5) is 17.5 Å². The molecule has 2 aromatic rings. The third kappa shape index (κ3) is 5.52. The number of hydrogen-bond donors (Lipinski definition) is 1. The molecule has 0 spiro atoms. The predicted molar refractivity (Wildman–Crippen MR) is 124 cm³/mol. The number of nitrogens with zero attached hydrogens (tertiary/aromatic N) is 4. The van der Waals surface area contributed by atoms with Crippen molar-refractivity contribution in [3.63, 3.8) is 0 Å². The lowest BCUT2D eigenvalue weighted by atomic mass is 10.1. The molecule has 1 N–H and O–H groups in total. The topological polar surface area (TPSA) is 95.5 Å². The van der Waals surface area contributed by atoms with Crippen LogP contribution in [0.2, 0.25) is 0 Å². The Morgan fingerprint density at radius 1 is 1.13 bits per heavy atom. The number of amides is 1. The van der Waals surface area contributed by atoms with E-state index in [1.165, 1.54) is 6.42 Å². The van der Waals surface area contributed by atoms with Gasteiger partial charge in [-0.1, -0.05) is 12.1 Å². The quantitative estimate of drug-likeness (QED) is 0.700. The first kappa shape index (κ1) is 23.0. The molecule has 3 rings (SSSR count). The fourth-order valence-electron chi connectivity index (χ4n) is 3.49. The number of sulfone groups is 1. The minimum Gasteiger partial charge on any atom is -0.361 e. The van der Waals surface area contributed by atoms with Crippen molar-refractivity contribution in [3.8, 4) is 0 Å². The van der Waals surface area contributed by atoms with Crippen LogP contribution in [0, 0.1) is 0 Å². The van der Waals surface area contributed by atoms with Crippen molar-refractivity contribution >= 4 is 33.2 Å². The van der Waals surface area contributed by atoms with E-state index in [1.807, 2.05) is 19.0 Å². The molecule has 0 bridgehead atoms. The summed E-state index contributed by atoms with van der Waals surface area (Å²) in [6, 6.07) is 6.47. The highest BCUT2D eigenvalue weighted by molar-refractivity contribution is 7.92. The van der Waals surface area contributed by atoms with Crippen LogP contribution < -0.4 is 15.1 Å². The van der Waals surface area contributed by atoms with Crippen molar-refractivity contribution in [3.05, 3.63) is 36.0 Å². The maximum atomic E-state index is 12.6. The van der Waals surface area contributed by atoms with Crippen LogP contribution in [0.15, 0.2) is 35.4 Å². The summed E-state index contributed by atoms with van der Waals surface area (Å²) < 4.78 is 24.5. The summed E-state index contributed by atoms with van der Waals surface area (Å²) in [5.74, 6) is 1.13. The minimum absolute atomic E-state index is 0.128. The first-order chi connectivity index (χ1) is 14.7. The molecule has 1 aromatic heterocycles. The van der Waals surface area contributed by atoms with E-state index in [-0.39, 0.29) is 17.2 Å². The number of anilines is 3. The molecule has 8 nitrogen and oxygen atoms in total. The number of nitrogens with one attached hydrogen (secondary N) is 1. The summed E-state index contributed by atoms with van der Waals surface area (Å²) in [5.41, 5.74) is 1.28. The largest absolute Gasteiger partial charge is 0.361 e. The van der Waals surface area contributed by atoms with Gasteiger partial charge in [-0.2, -0.15) is 4.98 Å². The van der Waals surface area contributed by atoms with Crippen LogP contribution in [0.5, 0.6) is 0 Å². The summed E-state index contributed by atoms with van der Waals surface area (Å²) in [7, 11) is 0.436. The van der Waals surface area contributed by atoms with Gasteiger partial charge in [0.05, 0.1) is 22.8 Å². The molecule has 0 unspecified atom stereocenters. The van der Waals surface area contributed by atoms with Gasteiger partial charge in [-0.15, -0.1) is 0 Å². The van der Waals surface area contributed by atoms with E-state index < -0.39 is 15.1 Å². The second kappa shape index (κ2) is 9.64. The lowest BCUT2D eigenvalue weighted by molar-refractivity contribution is -0.115. The zero-order valence-corrected chi connectivity index (χ0v) is 19.4. The molecule has 31 heavy (non-hydrogen) atoms. The normalized spacial score (nSPS) is 14.5. The van der Waals surface area contributed by atoms with Gasteiger partial charge in [-0.05, 0) is 50.8 Å². The first-order valence-electron chi connectivity index (χ1n) is 10.6.